The van der Waals surface area contributed by atoms with Gasteiger partial charge in [0, 0.05) is 12.3 Å². The van der Waals surface area contributed by atoms with Gasteiger partial charge < -0.3 is 0 Å². The molecule has 0 bridgehead atoms. The SMILES string of the molecule is CSc1nc(Cl)cc(-c2c(C(F)(F)F)nc3ccc(F)cn23)n1. The third-order valence-electron chi connectivity index (χ3n) is 2.95. The standard InChI is InChI=1S/C13H7ClF4N4S/c1-23-12-19-7(4-8(14)20-12)10-11(13(16,17)18)21-9-3-2-6(15)5-22(9)10/h2-5H,1H3. The quantitative estimate of drug-likeness (QED) is 0.295. The van der Waals surface area contributed by atoms with E-state index in [4.69, 9.17) is 11.6 Å². The smallest absolute Gasteiger partial charge is 0.295 e. The van der Waals surface area contributed by atoms with Crippen molar-refractivity contribution in [2.45, 2.75) is 11.3 Å². The predicted octanol–water partition coefficient (Wildman–Crippen LogP) is 4.32. The second-order valence-electron chi connectivity index (χ2n) is 4.44. The van der Waals surface area contributed by atoms with Gasteiger partial charge in [0.05, 0.1) is 5.69 Å². The Morgan fingerprint density at radius 1 is 1.17 bits per heavy atom. The van der Waals surface area contributed by atoms with Gasteiger partial charge in [0.25, 0.3) is 0 Å². The lowest BCUT2D eigenvalue weighted by Gasteiger charge is -2.08. The highest BCUT2D eigenvalue weighted by molar-refractivity contribution is 7.98. The molecule has 0 amide bonds. The van der Waals surface area contributed by atoms with Crippen molar-refractivity contribution in [3.63, 3.8) is 0 Å². The van der Waals surface area contributed by atoms with Crippen molar-refractivity contribution in [2.24, 2.45) is 0 Å². The number of thioether (sulfide) groups is 1. The van der Waals surface area contributed by atoms with Crippen LogP contribution >= 0.6 is 23.4 Å². The average Bonchev–Trinajstić information content (AvgIpc) is 2.85. The summed E-state index contributed by atoms with van der Waals surface area (Å²) in [6.07, 6.45) is -2.15. The van der Waals surface area contributed by atoms with Gasteiger partial charge in [0.1, 0.15) is 22.3 Å². The summed E-state index contributed by atoms with van der Waals surface area (Å²) in [7, 11) is 0. The second kappa shape index (κ2) is 5.64. The first-order valence-corrected chi connectivity index (χ1v) is 7.73. The van der Waals surface area contributed by atoms with E-state index in [0.29, 0.717) is 0 Å². The maximum atomic E-state index is 13.5. The molecule has 0 N–H and O–H groups in total. The molecular weight excluding hydrogens is 356 g/mol. The number of nitrogens with zero attached hydrogens (tertiary/aromatic N) is 4. The minimum Gasteiger partial charge on any atom is -0.295 e. The zero-order chi connectivity index (χ0) is 16.8. The maximum absolute atomic E-state index is 13.5. The Hall–Kier alpha value is -1.87. The van der Waals surface area contributed by atoms with Gasteiger partial charge in [-0.1, -0.05) is 23.4 Å². The number of imidazole rings is 1. The van der Waals surface area contributed by atoms with E-state index in [0.717, 1.165) is 34.5 Å². The fraction of sp³-hybridized carbons (Fsp3) is 0.154. The highest BCUT2D eigenvalue weighted by Gasteiger charge is 2.39. The molecule has 3 aromatic heterocycles. The fourth-order valence-electron chi connectivity index (χ4n) is 2.07. The minimum atomic E-state index is -4.73. The van der Waals surface area contributed by atoms with E-state index < -0.39 is 17.7 Å². The van der Waals surface area contributed by atoms with Crippen LogP contribution in [-0.4, -0.2) is 25.6 Å². The van der Waals surface area contributed by atoms with Crippen LogP contribution in [0.1, 0.15) is 5.69 Å². The van der Waals surface area contributed by atoms with Crippen LogP contribution < -0.4 is 0 Å². The Labute approximate surface area is 136 Å². The van der Waals surface area contributed by atoms with E-state index in [9.17, 15) is 17.6 Å². The molecule has 23 heavy (non-hydrogen) atoms. The Balaban J connectivity index is 2.38. The van der Waals surface area contributed by atoms with Crippen molar-refractivity contribution in [2.75, 3.05) is 6.26 Å². The Morgan fingerprint density at radius 3 is 2.57 bits per heavy atom. The van der Waals surface area contributed by atoms with E-state index in [2.05, 4.69) is 15.0 Å². The van der Waals surface area contributed by atoms with E-state index in [-0.39, 0.29) is 27.3 Å². The molecule has 4 nitrogen and oxygen atoms in total. The van der Waals surface area contributed by atoms with Crippen molar-refractivity contribution in [1.82, 2.24) is 19.4 Å². The molecule has 3 heterocycles. The van der Waals surface area contributed by atoms with Crippen molar-refractivity contribution >= 4 is 29.0 Å². The Bertz CT molecular complexity index is 894. The molecule has 120 valence electrons. The third kappa shape index (κ3) is 2.98. The van der Waals surface area contributed by atoms with Gasteiger partial charge in [-0.2, -0.15) is 13.2 Å². The number of hydrogen-bond acceptors (Lipinski definition) is 4. The molecule has 0 fully saturated rings. The first-order chi connectivity index (χ1) is 10.8. The lowest BCUT2D eigenvalue weighted by atomic mass is 10.2. The van der Waals surface area contributed by atoms with Gasteiger partial charge in [0.2, 0.25) is 0 Å². The largest absolute Gasteiger partial charge is 0.435 e. The van der Waals surface area contributed by atoms with Crippen LogP contribution in [0.5, 0.6) is 0 Å². The normalized spacial score (nSPS) is 12.1. The summed E-state index contributed by atoms with van der Waals surface area (Å²) in [5.41, 5.74) is -1.68. The van der Waals surface area contributed by atoms with Crippen molar-refractivity contribution in [1.29, 1.82) is 0 Å². The lowest BCUT2D eigenvalue weighted by Crippen LogP contribution is -2.08. The average molecular weight is 363 g/mol. The molecule has 0 atom stereocenters. The zero-order valence-electron chi connectivity index (χ0n) is 11.4. The monoisotopic (exact) mass is 362 g/mol. The summed E-state index contributed by atoms with van der Waals surface area (Å²) in [5, 5.41) is 0.186. The Kier molecular flexibility index (Phi) is 3.93. The summed E-state index contributed by atoms with van der Waals surface area (Å²) in [6, 6.07) is 3.38. The molecule has 0 spiro atoms. The molecule has 0 saturated carbocycles. The van der Waals surface area contributed by atoms with Crippen LogP contribution in [0, 0.1) is 5.82 Å². The lowest BCUT2D eigenvalue weighted by molar-refractivity contribution is -0.140. The first kappa shape index (κ1) is 16.0. The molecule has 10 heteroatoms. The molecule has 3 aromatic rings. The van der Waals surface area contributed by atoms with Gasteiger partial charge in [-0.05, 0) is 18.4 Å². The van der Waals surface area contributed by atoms with Crippen LogP contribution in [0.15, 0.2) is 29.6 Å². The van der Waals surface area contributed by atoms with Crippen molar-refractivity contribution in [3.05, 3.63) is 41.1 Å². The summed E-state index contributed by atoms with van der Waals surface area (Å²) < 4.78 is 54.4. The number of fused-ring (bicyclic) bond motifs is 1. The van der Waals surface area contributed by atoms with Crippen LogP contribution in [0.3, 0.4) is 0 Å². The number of alkyl halides is 3. The molecule has 0 aliphatic rings. The van der Waals surface area contributed by atoms with Crippen molar-refractivity contribution < 1.29 is 17.6 Å². The van der Waals surface area contributed by atoms with E-state index in [1.807, 2.05) is 0 Å². The molecule has 3 rings (SSSR count). The second-order valence-corrected chi connectivity index (χ2v) is 5.61. The molecule has 0 aliphatic heterocycles. The highest BCUT2D eigenvalue weighted by Crippen LogP contribution is 2.37. The number of halogens is 5. The molecular formula is C13H7ClF4N4S. The van der Waals surface area contributed by atoms with Crippen LogP contribution in [0.25, 0.3) is 17.0 Å². The van der Waals surface area contributed by atoms with Gasteiger partial charge in [0.15, 0.2) is 10.9 Å². The number of pyridine rings is 1. The first-order valence-electron chi connectivity index (χ1n) is 6.13. The van der Waals surface area contributed by atoms with E-state index >= 15 is 0 Å². The number of aromatic nitrogens is 4. The van der Waals surface area contributed by atoms with Crippen LogP contribution in [0.4, 0.5) is 17.6 Å². The number of hydrogen-bond donors (Lipinski definition) is 0. The summed E-state index contributed by atoms with van der Waals surface area (Å²) in [5.74, 6) is -0.699. The predicted molar refractivity (Wildman–Crippen MR) is 78.0 cm³/mol. The maximum Gasteiger partial charge on any atom is 0.435 e. The van der Waals surface area contributed by atoms with Crippen LogP contribution in [-0.2, 0) is 6.18 Å². The van der Waals surface area contributed by atoms with E-state index in [1.54, 1.807) is 6.26 Å². The summed E-state index contributed by atoms with van der Waals surface area (Å²) in [4.78, 5) is 11.5. The minimum absolute atomic E-state index is 0.0150. The van der Waals surface area contributed by atoms with Gasteiger partial charge in [-0.25, -0.2) is 19.3 Å². The van der Waals surface area contributed by atoms with Gasteiger partial charge in [-0.3, -0.25) is 4.40 Å². The van der Waals surface area contributed by atoms with Gasteiger partial charge in [-0.15, -0.1) is 0 Å². The molecule has 0 aliphatic carbocycles. The molecule has 0 radical (unpaired) electrons. The fourth-order valence-corrected chi connectivity index (χ4v) is 2.68. The third-order valence-corrected chi connectivity index (χ3v) is 3.69. The molecule has 0 unspecified atom stereocenters. The zero-order valence-corrected chi connectivity index (χ0v) is 13.0. The molecule has 0 saturated heterocycles. The topological polar surface area (TPSA) is 43.1 Å². The van der Waals surface area contributed by atoms with Crippen LogP contribution in [0.2, 0.25) is 5.15 Å². The Morgan fingerprint density at radius 2 is 1.91 bits per heavy atom. The van der Waals surface area contributed by atoms with Crippen molar-refractivity contribution in [3.8, 4) is 11.4 Å². The summed E-state index contributed by atoms with van der Waals surface area (Å²) in [6.45, 7) is 0. The highest BCUT2D eigenvalue weighted by atomic mass is 35.5. The van der Waals surface area contributed by atoms with Gasteiger partial charge >= 0.3 is 6.18 Å². The summed E-state index contributed by atoms with van der Waals surface area (Å²) >= 11 is 6.97. The number of rotatable bonds is 2. The van der Waals surface area contributed by atoms with E-state index in [1.165, 1.54) is 6.07 Å². The molecule has 0 aromatic carbocycles.